The molecular formula is C19H15Cl4N3O2S2. The van der Waals surface area contributed by atoms with Crippen molar-refractivity contribution in [2.75, 3.05) is 31.1 Å². The number of halogens is 4. The molecule has 2 aromatic carbocycles. The fourth-order valence-electron chi connectivity index (χ4n) is 3.18. The van der Waals surface area contributed by atoms with Gasteiger partial charge in [-0.2, -0.15) is 4.31 Å². The minimum atomic E-state index is -3.72. The molecule has 0 N–H and O–H groups in total. The summed E-state index contributed by atoms with van der Waals surface area (Å²) in [6.45, 7) is 1.67. The van der Waals surface area contributed by atoms with Crippen LogP contribution >= 0.6 is 57.7 Å². The van der Waals surface area contributed by atoms with Crippen LogP contribution in [0.25, 0.3) is 11.3 Å². The molecule has 0 aliphatic carbocycles. The van der Waals surface area contributed by atoms with Gasteiger partial charge in [-0.15, -0.1) is 11.3 Å². The lowest BCUT2D eigenvalue weighted by atomic mass is 10.2. The van der Waals surface area contributed by atoms with Gasteiger partial charge < -0.3 is 4.90 Å². The minimum Gasteiger partial charge on any atom is -0.345 e. The zero-order chi connectivity index (χ0) is 21.5. The molecule has 1 fully saturated rings. The number of sulfonamides is 1. The van der Waals surface area contributed by atoms with Crippen LogP contribution in [0.2, 0.25) is 20.1 Å². The highest BCUT2D eigenvalue weighted by Crippen LogP contribution is 2.33. The Kier molecular flexibility index (Phi) is 6.51. The van der Waals surface area contributed by atoms with E-state index < -0.39 is 10.0 Å². The van der Waals surface area contributed by atoms with Gasteiger partial charge in [0.15, 0.2) is 5.13 Å². The second-order valence-electron chi connectivity index (χ2n) is 6.64. The van der Waals surface area contributed by atoms with Crippen molar-refractivity contribution in [3.05, 3.63) is 61.9 Å². The minimum absolute atomic E-state index is 0.0273. The Balaban J connectivity index is 1.49. The molecule has 3 aromatic rings. The maximum absolute atomic E-state index is 13.0. The Morgan fingerprint density at radius 1 is 0.867 bits per heavy atom. The van der Waals surface area contributed by atoms with Crippen LogP contribution in [-0.2, 0) is 10.0 Å². The van der Waals surface area contributed by atoms with Crippen molar-refractivity contribution in [1.82, 2.24) is 9.29 Å². The molecule has 0 spiro atoms. The van der Waals surface area contributed by atoms with Gasteiger partial charge in [-0.3, -0.25) is 0 Å². The molecular weight excluding hydrogens is 508 g/mol. The molecule has 158 valence electrons. The molecule has 4 rings (SSSR count). The van der Waals surface area contributed by atoms with Gasteiger partial charge in [0.25, 0.3) is 0 Å². The molecule has 0 radical (unpaired) electrons. The molecule has 1 aliphatic rings. The lowest BCUT2D eigenvalue weighted by Crippen LogP contribution is -2.48. The number of thiazole rings is 1. The third-order valence-electron chi connectivity index (χ3n) is 4.67. The van der Waals surface area contributed by atoms with Crippen molar-refractivity contribution < 1.29 is 8.42 Å². The van der Waals surface area contributed by atoms with Crippen molar-refractivity contribution in [1.29, 1.82) is 0 Å². The molecule has 1 aromatic heterocycles. The average Bonchev–Trinajstić information content (AvgIpc) is 3.19. The second-order valence-corrected chi connectivity index (χ2v) is 11.1. The van der Waals surface area contributed by atoms with Gasteiger partial charge in [0.05, 0.1) is 10.7 Å². The largest absolute Gasteiger partial charge is 0.345 e. The summed E-state index contributed by atoms with van der Waals surface area (Å²) in [4.78, 5) is 6.77. The fraction of sp³-hybridized carbons (Fsp3) is 0.211. The lowest BCUT2D eigenvalue weighted by Gasteiger charge is -2.34. The average molecular weight is 523 g/mol. The molecule has 5 nitrogen and oxygen atoms in total. The number of hydrogen-bond donors (Lipinski definition) is 0. The Morgan fingerprint density at radius 2 is 1.53 bits per heavy atom. The normalized spacial score (nSPS) is 15.5. The zero-order valence-electron chi connectivity index (χ0n) is 15.4. The summed E-state index contributed by atoms with van der Waals surface area (Å²) < 4.78 is 27.4. The van der Waals surface area contributed by atoms with Crippen LogP contribution in [-0.4, -0.2) is 43.9 Å². The molecule has 0 amide bonds. The molecule has 0 atom stereocenters. The van der Waals surface area contributed by atoms with Crippen molar-refractivity contribution in [3.63, 3.8) is 0 Å². The Bertz CT molecular complexity index is 1170. The summed E-state index contributed by atoms with van der Waals surface area (Å²) in [5.74, 6) is 0. The van der Waals surface area contributed by atoms with Gasteiger partial charge in [0, 0.05) is 52.2 Å². The predicted molar refractivity (Wildman–Crippen MR) is 125 cm³/mol. The van der Waals surface area contributed by atoms with Crippen LogP contribution in [0.4, 0.5) is 5.13 Å². The highest BCUT2D eigenvalue weighted by molar-refractivity contribution is 7.89. The van der Waals surface area contributed by atoms with E-state index in [2.05, 4.69) is 9.88 Å². The van der Waals surface area contributed by atoms with Gasteiger partial charge >= 0.3 is 0 Å². The summed E-state index contributed by atoms with van der Waals surface area (Å²) in [5.41, 5.74) is 1.62. The highest BCUT2D eigenvalue weighted by Gasteiger charge is 2.31. The number of piperazine rings is 1. The predicted octanol–water partition coefficient (Wildman–Crippen LogP) is 5.93. The van der Waals surface area contributed by atoms with Gasteiger partial charge in [0.2, 0.25) is 10.0 Å². The first-order chi connectivity index (χ1) is 14.2. The number of anilines is 1. The van der Waals surface area contributed by atoms with Gasteiger partial charge in [-0.1, -0.05) is 46.4 Å². The zero-order valence-corrected chi connectivity index (χ0v) is 20.0. The summed E-state index contributed by atoms with van der Waals surface area (Å²) in [7, 11) is -3.72. The first kappa shape index (κ1) is 22.1. The lowest BCUT2D eigenvalue weighted by molar-refractivity contribution is 0.385. The van der Waals surface area contributed by atoms with Gasteiger partial charge in [-0.25, -0.2) is 13.4 Å². The van der Waals surface area contributed by atoms with Crippen LogP contribution in [0, 0.1) is 0 Å². The van der Waals surface area contributed by atoms with Crippen molar-refractivity contribution in [3.8, 4) is 11.3 Å². The number of nitrogens with zero attached hydrogens (tertiary/aromatic N) is 3. The van der Waals surface area contributed by atoms with Gasteiger partial charge in [0.1, 0.15) is 4.90 Å². The van der Waals surface area contributed by atoms with Gasteiger partial charge in [-0.05, 0) is 36.4 Å². The van der Waals surface area contributed by atoms with Crippen LogP contribution in [0.15, 0.2) is 46.7 Å². The van der Waals surface area contributed by atoms with E-state index in [0.29, 0.717) is 41.2 Å². The monoisotopic (exact) mass is 521 g/mol. The fourth-order valence-corrected chi connectivity index (χ4v) is 6.75. The van der Waals surface area contributed by atoms with E-state index in [1.165, 1.54) is 27.8 Å². The second kappa shape index (κ2) is 8.82. The number of hydrogen-bond acceptors (Lipinski definition) is 5. The third-order valence-corrected chi connectivity index (χ3v) is 8.62. The van der Waals surface area contributed by atoms with E-state index >= 15 is 0 Å². The number of aromatic nitrogens is 1. The quantitative estimate of drug-likeness (QED) is 0.425. The number of rotatable bonds is 4. The van der Waals surface area contributed by atoms with Crippen molar-refractivity contribution >= 4 is 72.9 Å². The number of benzene rings is 2. The van der Waals surface area contributed by atoms with E-state index in [0.717, 1.165) is 16.4 Å². The maximum Gasteiger partial charge on any atom is 0.244 e. The molecule has 1 aliphatic heterocycles. The van der Waals surface area contributed by atoms with E-state index in [1.807, 2.05) is 17.5 Å². The molecule has 11 heteroatoms. The molecule has 2 heterocycles. The van der Waals surface area contributed by atoms with E-state index in [-0.39, 0.29) is 9.92 Å². The van der Waals surface area contributed by atoms with Crippen LogP contribution in [0.1, 0.15) is 0 Å². The summed E-state index contributed by atoms with van der Waals surface area (Å²) in [6.07, 6.45) is 0. The smallest absolute Gasteiger partial charge is 0.244 e. The first-order valence-electron chi connectivity index (χ1n) is 8.86. The summed E-state index contributed by atoms with van der Waals surface area (Å²) in [5, 5.41) is 4.33. The summed E-state index contributed by atoms with van der Waals surface area (Å²) in [6, 6.07) is 9.73. The topological polar surface area (TPSA) is 53.5 Å². The highest BCUT2D eigenvalue weighted by atomic mass is 35.5. The standard InChI is InChI=1S/C19H15Cl4N3O2S2/c20-13-1-2-16(23)18(10-13)30(27,28)26-5-3-25(4-6-26)19-24-17(11-29-19)12-7-14(21)9-15(22)8-12/h1-2,7-11H,3-6H2. The summed E-state index contributed by atoms with van der Waals surface area (Å²) >= 11 is 25.7. The Labute approximate surface area is 198 Å². The van der Waals surface area contributed by atoms with E-state index in [4.69, 9.17) is 46.4 Å². The third kappa shape index (κ3) is 4.58. The maximum atomic E-state index is 13.0. The molecule has 1 saturated heterocycles. The SMILES string of the molecule is O=S(=O)(c1cc(Cl)ccc1Cl)N1CCN(c2nc(-c3cc(Cl)cc(Cl)c3)cs2)CC1. The molecule has 0 saturated carbocycles. The van der Waals surface area contributed by atoms with Crippen LogP contribution < -0.4 is 4.90 Å². The first-order valence-corrected chi connectivity index (χ1v) is 12.7. The van der Waals surface area contributed by atoms with Crippen LogP contribution in [0.3, 0.4) is 0 Å². The van der Waals surface area contributed by atoms with E-state index in [1.54, 1.807) is 12.1 Å². The van der Waals surface area contributed by atoms with Crippen LogP contribution in [0.5, 0.6) is 0 Å². The van der Waals surface area contributed by atoms with Crippen molar-refractivity contribution in [2.24, 2.45) is 0 Å². The van der Waals surface area contributed by atoms with Crippen molar-refractivity contribution in [2.45, 2.75) is 4.90 Å². The Morgan fingerprint density at radius 3 is 2.20 bits per heavy atom. The Hall–Kier alpha value is -1.06. The molecule has 30 heavy (non-hydrogen) atoms. The molecule has 0 bridgehead atoms. The van der Waals surface area contributed by atoms with E-state index in [9.17, 15) is 8.42 Å². The molecule has 0 unspecified atom stereocenters.